The van der Waals surface area contributed by atoms with Gasteiger partial charge in [-0.05, 0) is 25.3 Å². The minimum atomic E-state index is 0.240. The number of para-hydroxylation sites is 1. The number of hydrogen-bond donors (Lipinski definition) is 1. The first-order valence-electron chi connectivity index (χ1n) is 6.87. The summed E-state index contributed by atoms with van der Waals surface area (Å²) < 4.78 is 11.3. The maximum atomic E-state index is 5.99. The molecule has 1 aliphatic carbocycles. The van der Waals surface area contributed by atoms with Gasteiger partial charge in [-0.25, -0.2) is 4.99 Å². The molecule has 0 spiro atoms. The molecule has 0 radical (unpaired) electrons. The van der Waals surface area contributed by atoms with E-state index in [0.29, 0.717) is 6.42 Å². The molecule has 1 heterocycles. The molecule has 0 amide bonds. The standard InChI is InChI=1S/C15H20N2O2/c1-18-13-5-3-2-4-10(13)8-15-17-12-9-11(16)6-7-14(12)19-15/h2-5,11-12,14H,6-9,16H2,1H3. The SMILES string of the molecule is COc1ccccc1CC1=NC2CC(N)CCC2O1. The third-order valence-corrected chi connectivity index (χ3v) is 3.93. The molecule has 1 fully saturated rings. The van der Waals surface area contributed by atoms with Crippen molar-refractivity contribution in [1.29, 1.82) is 0 Å². The molecule has 0 aromatic heterocycles. The number of fused-ring (bicyclic) bond motifs is 1. The van der Waals surface area contributed by atoms with Crippen molar-refractivity contribution in [1.82, 2.24) is 0 Å². The van der Waals surface area contributed by atoms with E-state index in [0.717, 1.165) is 36.5 Å². The van der Waals surface area contributed by atoms with Gasteiger partial charge in [-0.3, -0.25) is 0 Å². The van der Waals surface area contributed by atoms with Crippen LogP contribution in [0.15, 0.2) is 29.3 Å². The molecule has 4 nitrogen and oxygen atoms in total. The van der Waals surface area contributed by atoms with Gasteiger partial charge in [0.25, 0.3) is 0 Å². The number of rotatable bonds is 3. The maximum absolute atomic E-state index is 5.99. The van der Waals surface area contributed by atoms with Crippen molar-refractivity contribution in [2.45, 2.75) is 43.9 Å². The van der Waals surface area contributed by atoms with Gasteiger partial charge in [0.15, 0.2) is 5.90 Å². The van der Waals surface area contributed by atoms with Crippen LogP contribution in [0.25, 0.3) is 0 Å². The second-order valence-electron chi connectivity index (χ2n) is 5.31. The van der Waals surface area contributed by atoms with Crippen LogP contribution >= 0.6 is 0 Å². The van der Waals surface area contributed by atoms with E-state index >= 15 is 0 Å². The van der Waals surface area contributed by atoms with Crippen molar-refractivity contribution in [2.24, 2.45) is 10.7 Å². The largest absolute Gasteiger partial charge is 0.496 e. The summed E-state index contributed by atoms with van der Waals surface area (Å²) >= 11 is 0. The minimum Gasteiger partial charge on any atom is -0.496 e. The Balaban J connectivity index is 1.72. The van der Waals surface area contributed by atoms with Crippen LogP contribution < -0.4 is 10.5 Å². The van der Waals surface area contributed by atoms with Crippen LogP contribution in [0.2, 0.25) is 0 Å². The molecule has 1 aliphatic heterocycles. The lowest BCUT2D eigenvalue weighted by Crippen LogP contribution is -2.37. The van der Waals surface area contributed by atoms with Crippen LogP contribution in [0.1, 0.15) is 24.8 Å². The van der Waals surface area contributed by atoms with E-state index in [2.05, 4.69) is 6.07 Å². The summed E-state index contributed by atoms with van der Waals surface area (Å²) in [7, 11) is 1.69. The fraction of sp³-hybridized carbons (Fsp3) is 0.533. The zero-order valence-electron chi connectivity index (χ0n) is 11.2. The van der Waals surface area contributed by atoms with E-state index in [-0.39, 0.29) is 18.2 Å². The summed E-state index contributed by atoms with van der Waals surface area (Å²) in [6.07, 6.45) is 3.94. The average molecular weight is 260 g/mol. The van der Waals surface area contributed by atoms with Crippen molar-refractivity contribution in [3.63, 3.8) is 0 Å². The van der Waals surface area contributed by atoms with Gasteiger partial charge in [0.1, 0.15) is 11.9 Å². The van der Waals surface area contributed by atoms with Crippen molar-refractivity contribution in [3.8, 4) is 5.75 Å². The molecule has 3 unspecified atom stereocenters. The van der Waals surface area contributed by atoms with Crippen LogP contribution in [0.3, 0.4) is 0 Å². The van der Waals surface area contributed by atoms with Gasteiger partial charge in [0.2, 0.25) is 0 Å². The zero-order chi connectivity index (χ0) is 13.2. The predicted octanol–water partition coefficient (Wildman–Crippen LogP) is 1.91. The number of ether oxygens (including phenoxy) is 2. The number of benzene rings is 1. The van der Waals surface area contributed by atoms with E-state index in [9.17, 15) is 0 Å². The van der Waals surface area contributed by atoms with Crippen LogP contribution in [-0.4, -0.2) is 31.2 Å². The van der Waals surface area contributed by atoms with E-state index in [1.807, 2.05) is 18.2 Å². The molecule has 4 heteroatoms. The maximum Gasteiger partial charge on any atom is 0.188 e. The second-order valence-corrected chi connectivity index (χ2v) is 5.31. The lowest BCUT2D eigenvalue weighted by Gasteiger charge is -2.26. The fourth-order valence-electron chi connectivity index (χ4n) is 2.91. The Kier molecular flexibility index (Phi) is 3.42. The van der Waals surface area contributed by atoms with Gasteiger partial charge in [0, 0.05) is 11.6 Å². The molecule has 1 aromatic rings. The molecule has 2 N–H and O–H groups in total. The molecule has 1 aromatic carbocycles. The van der Waals surface area contributed by atoms with Crippen LogP contribution in [-0.2, 0) is 11.2 Å². The van der Waals surface area contributed by atoms with Crippen LogP contribution in [0, 0.1) is 0 Å². The zero-order valence-corrected chi connectivity index (χ0v) is 11.2. The van der Waals surface area contributed by atoms with Gasteiger partial charge < -0.3 is 15.2 Å². The molecule has 102 valence electrons. The number of nitrogens with zero attached hydrogens (tertiary/aromatic N) is 1. The Morgan fingerprint density at radius 2 is 2.21 bits per heavy atom. The highest BCUT2D eigenvalue weighted by molar-refractivity contribution is 5.81. The summed E-state index contributed by atoms with van der Waals surface area (Å²) in [6, 6.07) is 8.54. The lowest BCUT2D eigenvalue weighted by atomic mass is 9.90. The van der Waals surface area contributed by atoms with E-state index < -0.39 is 0 Å². The number of hydrogen-bond acceptors (Lipinski definition) is 4. The highest BCUT2D eigenvalue weighted by atomic mass is 16.5. The first-order valence-corrected chi connectivity index (χ1v) is 6.87. The molecular weight excluding hydrogens is 240 g/mol. The Labute approximate surface area is 113 Å². The average Bonchev–Trinajstić information content (AvgIpc) is 2.80. The van der Waals surface area contributed by atoms with Crippen molar-refractivity contribution < 1.29 is 9.47 Å². The Morgan fingerprint density at radius 3 is 3.05 bits per heavy atom. The summed E-state index contributed by atoms with van der Waals surface area (Å²) in [4.78, 5) is 4.69. The lowest BCUT2D eigenvalue weighted by molar-refractivity contribution is 0.142. The summed E-state index contributed by atoms with van der Waals surface area (Å²) in [6.45, 7) is 0. The first-order chi connectivity index (χ1) is 9.26. The van der Waals surface area contributed by atoms with E-state index in [1.165, 1.54) is 0 Å². The van der Waals surface area contributed by atoms with Gasteiger partial charge in [-0.1, -0.05) is 18.2 Å². The van der Waals surface area contributed by atoms with Gasteiger partial charge in [-0.2, -0.15) is 0 Å². The molecule has 19 heavy (non-hydrogen) atoms. The molecule has 0 bridgehead atoms. The Bertz CT molecular complexity index is 487. The van der Waals surface area contributed by atoms with Gasteiger partial charge >= 0.3 is 0 Å². The van der Waals surface area contributed by atoms with Gasteiger partial charge in [0.05, 0.1) is 19.6 Å². The molecular formula is C15H20N2O2. The monoisotopic (exact) mass is 260 g/mol. The van der Waals surface area contributed by atoms with Crippen molar-refractivity contribution in [2.75, 3.05) is 7.11 Å². The van der Waals surface area contributed by atoms with Crippen LogP contribution in [0.4, 0.5) is 0 Å². The Morgan fingerprint density at radius 1 is 1.37 bits per heavy atom. The highest BCUT2D eigenvalue weighted by Crippen LogP contribution is 2.29. The summed E-state index contributed by atoms with van der Waals surface area (Å²) in [5.74, 6) is 1.72. The molecule has 3 atom stereocenters. The summed E-state index contributed by atoms with van der Waals surface area (Å²) in [5.41, 5.74) is 7.11. The second kappa shape index (κ2) is 5.21. The number of nitrogens with two attached hydrogens (primary N) is 1. The van der Waals surface area contributed by atoms with Crippen LogP contribution in [0.5, 0.6) is 5.75 Å². The molecule has 3 rings (SSSR count). The van der Waals surface area contributed by atoms with E-state index in [1.54, 1.807) is 7.11 Å². The normalized spacial score (nSPS) is 29.4. The van der Waals surface area contributed by atoms with Crippen molar-refractivity contribution >= 4 is 5.90 Å². The minimum absolute atomic E-state index is 0.240. The molecule has 2 aliphatic rings. The smallest absolute Gasteiger partial charge is 0.188 e. The predicted molar refractivity (Wildman–Crippen MR) is 74.6 cm³/mol. The van der Waals surface area contributed by atoms with E-state index in [4.69, 9.17) is 20.2 Å². The fourth-order valence-corrected chi connectivity index (χ4v) is 2.91. The topological polar surface area (TPSA) is 56.8 Å². The third kappa shape index (κ3) is 2.59. The first kappa shape index (κ1) is 12.5. The Hall–Kier alpha value is -1.55. The quantitative estimate of drug-likeness (QED) is 0.903. The van der Waals surface area contributed by atoms with Crippen molar-refractivity contribution in [3.05, 3.63) is 29.8 Å². The van der Waals surface area contributed by atoms with Gasteiger partial charge in [-0.15, -0.1) is 0 Å². The number of methoxy groups -OCH3 is 1. The summed E-state index contributed by atoms with van der Waals surface area (Å²) in [5, 5.41) is 0. The highest BCUT2D eigenvalue weighted by Gasteiger charge is 2.35. The molecule has 0 saturated heterocycles. The third-order valence-electron chi connectivity index (χ3n) is 3.93. The molecule has 1 saturated carbocycles. The number of aliphatic imine (C=N–C) groups is 1.